The van der Waals surface area contributed by atoms with Gasteiger partial charge in [0.15, 0.2) is 0 Å². The summed E-state index contributed by atoms with van der Waals surface area (Å²) < 4.78 is 5.12. The lowest BCUT2D eigenvalue weighted by Crippen LogP contribution is -1.81. The predicted octanol–water partition coefficient (Wildman–Crippen LogP) is 5.59. The molecule has 0 aliphatic rings. The van der Waals surface area contributed by atoms with E-state index in [2.05, 4.69) is 36.4 Å². The number of rotatable bonds is 0. The quantitative estimate of drug-likeness (QED) is 0.366. The number of nitrogens with two attached hydrogens (primary N) is 2. The van der Waals surface area contributed by atoms with Crippen LogP contribution in [-0.2, 0) is 0 Å². The average molecular weight is 320 g/mol. The maximum absolute atomic E-state index is 5.91. The number of hydrogen-bond acceptors (Lipinski definition) is 4. The van der Waals surface area contributed by atoms with Gasteiger partial charge in [0.05, 0.1) is 0 Å². The molecular weight excluding hydrogens is 308 g/mol. The Balaban J connectivity index is 1.97. The van der Waals surface area contributed by atoms with Crippen molar-refractivity contribution in [3.8, 4) is 0 Å². The molecule has 0 fully saturated rings. The molecule has 4 heteroatoms. The average Bonchev–Trinajstić information content (AvgIpc) is 3.00. The molecule has 0 unspecified atom stereocenters. The van der Waals surface area contributed by atoms with Gasteiger partial charge in [0.2, 0.25) is 0 Å². The van der Waals surface area contributed by atoms with Crippen molar-refractivity contribution < 1.29 is 0 Å². The van der Waals surface area contributed by atoms with Crippen LogP contribution in [0.25, 0.3) is 40.3 Å². The molecule has 3 aromatic carbocycles. The Hall–Kier alpha value is -2.30. The summed E-state index contributed by atoms with van der Waals surface area (Å²) in [4.78, 5) is 0. The van der Waals surface area contributed by atoms with Crippen LogP contribution in [0.1, 0.15) is 0 Å². The summed E-state index contributed by atoms with van der Waals surface area (Å²) in [5, 5.41) is 5.19. The second-order valence-corrected chi connectivity index (χ2v) is 7.73. The molecular formula is C18H12N2S2. The first-order chi connectivity index (χ1) is 10.7. The molecule has 0 bridgehead atoms. The highest BCUT2D eigenvalue weighted by atomic mass is 32.1. The Labute approximate surface area is 134 Å². The molecule has 0 aliphatic carbocycles. The van der Waals surface area contributed by atoms with Crippen LogP contribution in [0.4, 0.5) is 11.4 Å². The minimum Gasteiger partial charge on any atom is -0.399 e. The zero-order valence-electron chi connectivity index (χ0n) is 11.6. The summed E-state index contributed by atoms with van der Waals surface area (Å²) >= 11 is 3.61. The number of fused-ring (bicyclic) bond motifs is 6. The summed E-state index contributed by atoms with van der Waals surface area (Å²) in [6.45, 7) is 0. The zero-order valence-corrected chi connectivity index (χ0v) is 13.2. The molecule has 106 valence electrons. The first kappa shape index (κ1) is 12.3. The van der Waals surface area contributed by atoms with E-state index in [9.17, 15) is 0 Å². The van der Waals surface area contributed by atoms with Crippen molar-refractivity contribution in [2.45, 2.75) is 0 Å². The maximum Gasteiger partial charge on any atom is 0.0375 e. The van der Waals surface area contributed by atoms with Crippen LogP contribution in [-0.4, -0.2) is 0 Å². The van der Waals surface area contributed by atoms with E-state index in [-0.39, 0.29) is 0 Å². The lowest BCUT2D eigenvalue weighted by atomic mass is 10.1. The van der Waals surface area contributed by atoms with Gasteiger partial charge >= 0.3 is 0 Å². The number of thiophene rings is 2. The van der Waals surface area contributed by atoms with Crippen molar-refractivity contribution in [1.29, 1.82) is 0 Å². The molecule has 5 aromatic rings. The van der Waals surface area contributed by atoms with Crippen LogP contribution >= 0.6 is 22.7 Å². The molecule has 2 nitrogen and oxygen atoms in total. The molecule has 5 rings (SSSR count). The van der Waals surface area contributed by atoms with E-state index in [0.29, 0.717) is 0 Å². The first-order valence-electron chi connectivity index (χ1n) is 7.02. The molecule has 2 heterocycles. The second kappa shape index (κ2) is 4.12. The summed E-state index contributed by atoms with van der Waals surface area (Å²) in [6.07, 6.45) is 0. The van der Waals surface area contributed by atoms with Gasteiger partial charge in [0, 0.05) is 51.7 Å². The highest BCUT2D eigenvalue weighted by molar-refractivity contribution is 7.27. The fourth-order valence-corrected chi connectivity index (χ4v) is 5.43. The number of nitrogen functional groups attached to an aromatic ring is 2. The minimum absolute atomic E-state index is 0.821. The highest BCUT2D eigenvalue weighted by Gasteiger charge is 2.11. The SMILES string of the molecule is Nc1ccc2c(c1)sc1cc3c(cc12)sc1cc(N)ccc13. The van der Waals surface area contributed by atoms with Crippen LogP contribution in [0.5, 0.6) is 0 Å². The Morgan fingerprint density at radius 1 is 0.500 bits per heavy atom. The van der Waals surface area contributed by atoms with Crippen LogP contribution in [0.15, 0.2) is 48.5 Å². The Morgan fingerprint density at radius 2 is 0.909 bits per heavy atom. The van der Waals surface area contributed by atoms with Gasteiger partial charge in [-0.3, -0.25) is 0 Å². The number of anilines is 2. The van der Waals surface area contributed by atoms with Gasteiger partial charge in [-0.25, -0.2) is 0 Å². The van der Waals surface area contributed by atoms with Crippen molar-refractivity contribution in [3.63, 3.8) is 0 Å². The van der Waals surface area contributed by atoms with Crippen molar-refractivity contribution >= 4 is 74.4 Å². The topological polar surface area (TPSA) is 52.0 Å². The van der Waals surface area contributed by atoms with Crippen LogP contribution < -0.4 is 11.5 Å². The molecule has 0 amide bonds. The fourth-order valence-electron chi connectivity index (χ4n) is 3.08. The largest absolute Gasteiger partial charge is 0.399 e. The Bertz CT molecular complexity index is 1100. The van der Waals surface area contributed by atoms with Gasteiger partial charge < -0.3 is 11.5 Å². The summed E-state index contributed by atoms with van der Waals surface area (Å²) in [7, 11) is 0. The van der Waals surface area contributed by atoms with E-state index in [1.54, 1.807) is 22.7 Å². The molecule has 0 saturated carbocycles. The van der Waals surface area contributed by atoms with E-state index in [1.807, 2.05) is 12.1 Å². The second-order valence-electron chi connectivity index (χ2n) is 5.56. The molecule has 22 heavy (non-hydrogen) atoms. The maximum atomic E-state index is 5.91. The lowest BCUT2D eigenvalue weighted by molar-refractivity contribution is 1.79. The molecule has 0 spiro atoms. The zero-order chi connectivity index (χ0) is 14.8. The fraction of sp³-hybridized carbons (Fsp3) is 0. The van der Waals surface area contributed by atoms with E-state index >= 15 is 0 Å². The normalized spacial score (nSPS) is 12.0. The van der Waals surface area contributed by atoms with Gasteiger partial charge in [0.1, 0.15) is 0 Å². The number of hydrogen-bond donors (Lipinski definition) is 2. The van der Waals surface area contributed by atoms with E-state index in [0.717, 1.165) is 11.4 Å². The molecule has 0 saturated heterocycles. The first-order valence-corrected chi connectivity index (χ1v) is 8.66. The Kier molecular flexibility index (Phi) is 2.30. The Morgan fingerprint density at radius 3 is 1.36 bits per heavy atom. The van der Waals surface area contributed by atoms with Gasteiger partial charge in [-0.05, 0) is 36.4 Å². The van der Waals surface area contributed by atoms with Gasteiger partial charge in [0.25, 0.3) is 0 Å². The number of benzene rings is 3. The molecule has 2 aromatic heterocycles. The smallest absolute Gasteiger partial charge is 0.0375 e. The van der Waals surface area contributed by atoms with Crippen molar-refractivity contribution in [1.82, 2.24) is 0 Å². The summed E-state index contributed by atoms with van der Waals surface area (Å²) in [6, 6.07) is 16.9. The third-order valence-electron chi connectivity index (χ3n) is 4.11. The van der Waals surface area contributed by atoms with E-state index in [4.69, 9.17) is 11.5 Å². The van der Waals surface area contributed by atoms with Crippen LogP contribution in [0.3, 0.4) is 0 Å². The van der Waals surface area contributed by atoms with E-state index in [1.165, 1.54) is 40.3 Å². The van der Waals surface area contributed by atoms with Gasteiger partial charge in [-0.2, -0.15) is 0 Å². The van der Waals surface area contributed by atoms with Crippen molar-refractivity contribution in [2.75, 3.05) is 11.5 Å². The molecule has 0 aliphatic heterocycles. The highest BCUT2D eigenvalue weighted by Crippen LogP contribution is 2.42. The third-order valence-corrected chi connectivity index (χ3v) is 6.34. The van der Waals surface area contributed by atoms with E-state index < -0.39 is 0 Å². The summed E-state index contributed by atoms with van der Waals surface area (Å²) in [5.41, 5.74) is 13.5. The molecule has 0 radical (unpaired) electrons. The van der Waals surface area contributed by atoms with Crippen molar-refractivity contribution in [3.05, 3.63) is 48.5 Å². The lowest BCUT2D eigenvalue weighted by Gasteiger charge is -1.95. The van der Waals surface area contributed by atoms with Crippen LogP contribution in [0, 0.1) is 0 Å². The molecule has 0 atom stereocenters. The summed E-state index contributed by atoms with van der Waals surface area (Å²) in [5.74, 6) is 0. The van der Waals surface area contributed by atoms with Gasteiger partial charge in [-0.15, -0.1) is 22.7 Å². The third kappa shape index (κ3) is 1.59. The minimum atomic E-state index is 0.821. The van der Waals surface area contributed by atoms with Crippen molar-refractivity contribution in [2.24, 2.45) is 0 Å². The predicted molar refractivity (Wildman–Crippen MR) is 101 cm³/mol. The van der Waals surface area contributed by atoms with Crippen LogP contribution in [0.2, 0.25) is 0 Å². The molecule has 4 N–H and O–H groups in total. The monoisotopic (exact) mass is 320 g/mol. The standard InChI is InChI=1S/C18H12N2S2/c19-9-1-3-11-13-7-18-14(8-17(13)21-15(11)5-9)12-4-2-10(20)6-16(12)22-18/h1-8H,19-20H2. The van der Waals surface area contributed by atoms with Gasteiger partial charge in [-0.1, -0.05) is 12.1 Å².